The molecule has 9 heteroatoms. The second kappa shape index (κ2) is 9.00. The number of thioether (sulfide) groups is 2. The number of benzene rings is 1. The monoisotopic (exact) mass is 421 g/mol. The van der Waals surface area contributed by atoms with Crippen LogP contribution < -0.4 is 5.56 Å². The summed E-state index contributed by atoms with van der Waals surface area (Å²) in [5.74, 6) is 0.480. The normalized spacial score (nSPS) is 17.1. The number of amides is 1. The first kappa shape index (κ1) is 20.7. The van der Waals surface area contributed by atoms with Crippen LogP contribution in [0.1, 0.15) is 19.9 Å². The zero-order chi connectivity index (χ0) is 20.3. The average Bonchev–Trinajstić information content (AvgIpc) is 2.71. The van der Waals surface area contributed by atoms with Crippen LogP contribution in [0.15, 0.2) is 34.2 Å². The van der Waals surface area contributed by atoms with Crippen LogP contribution in [0.2, 0.25) is 0 Å². The van der Waals surface area contributed by atoms with E-state index >= 15 is 0 Å². The van der Waals surface area contributed by atoms with E-state index in [1.165, 1.54) is 30.6 Å². The molecule has 3 rings (SSSR count). The highest BCUT2D eigenvalue weighted by molar-refractivity contribution is 8.00. The van der Waals surface area contributed by atoms with Gasteiger partial charge in [-0.2, -0.15) is 0 Å². The average molecular weight is 422 g/mol. The minimum absolute atomic E-state index is 0.0719. The summed E-state index contributed by atoms with van der Waals surface area (Å²) >= 11 is 2.77. The Labute approximate surface area is 171 Å². The summed E-state index contributed by atoms with van der Waals surface area (Å²) in [7, 11) is 1.36. The number of hydrogen-bond acceptors (Lipinski definition) is 7. The van der Waals surface area contributed by atoms with Gasteiger partial charge in [0.05, 0.1) is 23.8 Å². The van der Waals surface area contributed by atoms with E-state index in [-0.39, 0.29) is 34.5 Å². The van der Waals surface area contributed by atoms with Gasteiger partial charge in [-0.25, -0.2) is 4.98 Å². The lowest BCUT2D eigenvalue weighted by Crippen LogP contribution is -2.45. The molecular formula is C19H23N3O4S2. The van der Waals surface area contributed by atoms with E-state index in [0.717, 1.165) is 0 Å². The first-order valence-corrected chi connectivity index (χ1v) is 11.1. The van der Waals surface area contributed by atoms with Gasteiger partial charge in [0.15, 0.2) is 5.16 Å². The largest absolute Gasteiger partial charge is 0.468 e. The van der Waals surface area contributed by atoms with E-state index in [1.54, 1.807) is 21.6 Å². The molecule has 0 bridgehead atoms. The molecule has 0 saturated carbocycles. The van der Waals surface area contributed by atoms with Crippen LogP contribution in [-0.2, 0) is 14.3 Å². The predicted octanol–water partition coefficient (Wildman–Crippen LogP) is 2.19. The molecular weight excluding hydrogens is 398 g/mol. The summed E-state index contributed by atoms with van der Waals surface area (Å²) in [5, 5.41) is 0.754. The van der Waals surface area contributed by atoms with E-state index < -0.39 is 0 Å². The van der Waals surface area contributed by atoms with Crippen molar-refractivity contribution in [3.05, 3.63) is 34.6 Å². The maximum absolute atomic E-state index is 12.8. The molecule has 0 N–H and O–H groups in total. The van der Waals surface area contributed by atoms with Crippen molar-refractivity contribution in [1.82, 2.24) is 14.5 Å². The molecule has 150 valence electrons. The van der Waals surface area contributed by atoms with E-state index in [2.05, 4.69) is 4.98 Å². The van der Waals surface area contributed by atoms with Crippen molar-refractivity contribution in [2.75, 3.05) is 31.7 Å². The maximum Gasteiger partial charge on any atom is 0.320 e. The number of hydrogen-bond donors (Lipinski definition) is 0. The summed E-state index contributed by atoms with van der Waals surface area (Å²) < 4.78 is 6.42. The summed E-state index contributed by atoms with van der Waals surface area (Å²) in [6.45, 7) is 4.79. The first-order chi connectivity index (χ1) is 13.4. The van der Waals surface area contributed by atoms with Crippen LogP contribution >= 0.6 is 23.5 Å². The van der Waals surface area contributed by atoms with Crippen LogP contribution in [0.3, 0.4) is 0 Å². The summed E-state index contributed by atoms with van der Waals surface area (Å²) in [4.78, 5) is 43.6. The zero-order valence-corrected chi connectivity index (χ0v) is 17.7. The molecule has 28 heavy (non-hydrogen) atoms. The number of carbonyl (C=O) groups is 2. The molecule has 0 unspecified atom stereocenters. The number of nitrogens with zero attached hydrogens (tertiary/aromatic N) is 3. The summed E-state index contributed by atoms with van der Waals surface area (Å²) in [5.41, 5.74) is 0.523. The lowest BCUT2D eigenvalue weighted by Gasteiger charge is -2.31. The maximum atomic E-state index is 12.8. The molecule has 7 nitrogen and oxygen atoms in total. The van der Waals surface area contributed by atoms with Gasteiger partial charge in [-0.3, -0.25) is 19.0 Å². The fraction of sp³-hybridized carbons (Fsp3) is 0.474. The number of rotatable bonds is 5. The van der Waals surface area contributed by atoms with Crippen molar-refractivity contribution in [3.63, 3.8) is 0 Å². The van der Waals surface area contributed by atoms with Crippen LogP contribution in [0.25, 0.3) is 10.9 Å². The number of carbonyl (C=O) groups excluding carboxylic acids is 2. The van der Waals surface area contributed by atoms with Gasteiger partial charge >= 0.3 is 5.97 Å². The number of para-hydroxylation sites is 1. The molecule has 1 aliphatic heterocycles. The van der Waals surface area contributed by atoms with Crippen LogP contribution in [0, 0.1) is 0 Å². The van der Waals surface area contributed by atoms with Crippen molar-refractivity contribution in [1.29, 1.82) is 0 Å². The van der Waals surface area contributed by atoms with Crippen LogP contribution in [0.5, 0.6) is 0 Å². The second-order valence-electron chi connectivity index (χ2n) is 6.69. The molecule has 1 atom stereocenters. The Morgan fingerprint density at radius 3 is 2.82 bits per heavy atom. The molecule has 1 aliphatic rings. The highest BCUT2D eigenvalue weighted by Gasteiger charge is 2.29. The fourth-order valence-electron chi connectivity index (χ4n) is 3.05. The second-order valence-corrected chi connectivity index (χ2v) is 8.94. The van der Waals surface area contributed by atoms with Gasteiger partial charge in [-0.1, -0.05) is 23.9 Å². The van der Waals surface area contributed by atoms with Gasteiger partial charge in [0.2, 0.25) is 5.91 Å². The Kier molecular flexibility index (Phi) is 6.66. The number of ether oxygens (including phenoxy) is 1. The molecule has 0 spiro atoms. The fourth-order valence-corrected chi connectivity index (χ4v) is 5.21. The summed E-state index contributed by atoms with van der Waals surface area (Å²) in [6, 6.07) is 7.15. The molecule has 1 aromatic carbocycles. The SMILES string of the molecule is COC(=O)[C@H]1CN(C(=O)CSc2nc3ccccc3c(=O)n2C(C)C)CCS1. The third kappa shape index (κ3) is 4.35. The minimum atomic E-state index is -0.347. The molecule has 1 fully saturated rings. The van der Waals surface area contributed by atoms with E-state index in [9.17, 15) is 14.4 Å². The molecule has 1 saturated heterocycles. The molecule has 2 heterocycles. The quantitative estimate of drug-likeness (QED) is 0.416. The third-order valence-corrected chi connectivity index (χ3v) is 6.60. The Hall–Kier alpha value is -2.00. The standard InChI is InChI=1S/C19H23N3O4S2/c1-12(2)22-17(24)13-6-4-5-7-14(13)20-19(22)28-11-16(23)21-8-9-27-15(10-21)18(25)26-3/h4-7,12,15H,8-11H2,1-3H3/t15-/m1/s1. The number of aromatic nitrogens is 2. The van der Waals surface area contributed by atoms with Crippen molar-refractivity contribution in [2.24, 2.45) is 0 Å². The highest BCUT2D eigenvalue weighted by atomic mass is 32.2. The first-order valence-electron chi connectivity index (χ1n) is 9.03. The van der Waals surface area contributed by atoms with Crippen molar-refractivity contribution in [2.45, 2.75) is 30.3 Å². The topological polar surface area (TPSA) is 81.5 Å². The Balaban J connectivity index is 1.77. The Morgan fingerprint density at radius 1 is 1.36 bits per heavy atom. The van der Waals surface area contributed by atoms with E-state index in [1.807, 2.05) is 26.0 Å². The molecule has 2 aromatic rings. The number of esters is 1. The van der Waals surface area contributed by atoms with Crippen LogP contribution in [-0.4, -0.2) is 63.3 Å². The highest BCUT2D eigenvalue weighted by Crippen LogP contribution is 2.24. The Bertz CT molecular complexity index is 944. The van der Waals surface area contributed by atoms with Gasteiger partial charge in [-0.15, -0.1) is 11.8 Å². The van der Waals surface area contributed by atoms with Gasteiger partial charge in [0.25, 0.3) is 5.56 Å². The van der Waals surface area contributed by atoms with Gasteiger partial charge in [0, 0.05) is 24.9 Å². The van der Waals surface area contributed by atoms with E-state index in [4.69, 9.17) is 4.74 Å². The summed E-state index contributed by atoms with van der Waals surface area (Å²) in [6.07, 6.45) is 0. The molecule has 1 amide bonds. The number of methoxy groups -OCH3 is 1. The Morgan fingerprint density at radius 2 is 2.11 bits per heavy atom. The molecule has 0 aliphatic carbocycles. The van der Waals surface area contributed by atoms with E-state index in [0.29, 0.717) is 34.9 Å². The third-order valence-electron chi connectivity index (χ3n) is 4.50. The van der Waals surface area contributed by atoms with Crippen molar-refractivity contribution in [3.8, 4) is 0 Å². The van der Waals surface area contributed by atoms with Crippen molar-refractivity contribution >= 4 is 46.3 Å². The van der Waals surface area contributed by atoms with Gasteiger partial charge < -0.3 is 9.64 Å². The van der Waals surface area contributed by atoms with Gasteiger partial charge in [-0.05, 0) is 26.0 Å². The smallest absolute Gasteiger partial charge is 0.320 e. The molecule has 1 aromatic heterocycles. The van der Waals surface area contributed by atoms with Crippen molar-refractivity contribution < 1.29 is 14.3 Å². The lowest BCUT2D eigenvalue weighted by atomic mass is 10.2. The van der Waals surface area contributed by atoms with Gasteiger partial charge in [0.1, 0.15) is 5.25 Å². The van der Waals surface area contributed by atoms with Crippen LogP contribution in [0.4, 0.5) is 0 Å². The zero-order valence-electron chi connectivity index (χ0n) is 16.1. The predicted molar refractivity (Wildman–Crippen MR) is 112 cm³/mol. The molecule has 0 radical (unpaired) electrons. The number of fused-ring (bicyclic) bond motifs is 1. The lowest BCUT2D eigenvalue weighted by molar-refractivity contribution is -0.141. The minimum Gasteiger partial charge on any atom is -0.468 e.